The third-order valence-electron chi connectivity index (χ3n) is 4.06. The van der Waals surface area contributed by atoms with E-state index in [2.05, 4.69) is 15.2 Å². The fourth-order valence-corrected chi connectivity index (χ4v) is 2.45. The maximum atomic E-state index is 12.1. The van der Waals surface area contributed by atoms with Crippen molar-refractivity contribution in [3.63, 3.8) is 0 Å². The molecule has 1 fully saturated rings. The van der Waals surface area contributed by atoms with Crippen LogP contribution < -0.4 is 5.32 Å². The number of nitrogens with zero attached hydrogens (tertiary/aromatic N) is 2. The van der Waals surface area contributed by atoms with Gasteiger partial charge in [0.25, 0.3) is 5.91 Å². The third-order valence-corrected chi connectivity index (χ3v) is 4.06. The Morgan fingerprint density at radius 2 is 2.15 bits per heavy atom. The number of aromatic nitrogens is 1. The molecule has 0 aromatic carbocycles. The number of hydrogen-bond donors (Lipinski definition) is 2. The standard InChI is InChI=1S/C14H19N3O3/c1-17(2)14(6-4-7-14)9-16-12(18)11-10(13(19)20)5-3-8-15-11/h3,5,8H,4,6-7,9H2,1-2H3,(H,16,18)(H,19,20). The first-order valence-electron chi connectivity index (χ1n) is 6.60. The molecule has 1 heterocycles. The Bertz CT molecular complexity index is 524. The summed E-state index contributed by atoms with van der Waals surface area (Å²) in [7, 11) is 3.99. The second-order valence-electron chi connectivity index (χ2n) is 5.36. The lowest BCUT2D eigenvalue weighted by molar-refractivity contribution is 0.0553. The van der Waals surface area contributed by atoms with Gasteiger partial charge in [-0.2, -0.15) is 0 Å². The van der Waals surface area contributed by atoms with Crippen molar-refractivity contribution in [3.05, 3.63) is 29.6 Å². The second kappa shape index (κ2) is 5.58. The molecule has 6 heteroatoms. The molecule has 0 aliphatic heterocycles. The van der Waals surface area contributed by atoms with Crippen LogP contribution in [0.3, 0.4) is 0 Å². The van der Waals surface area contributed by atoms with Crippen LogP contribution in [0.25, 0.3) is 0 Å². The van der Waals surface area contributed by atoms with Crippen LogP contribution in [0.5, 0.6) is 0 Å². The largest absolute Gasteiger partial charge is 0.478 e. The average molecular weight is 277 g/mol. The lowest BCUT2D eigenvalue weighted by atomic mass is 9.75. The van der Waals surface area contributed by atoms with Crippen LogP contribution in [0.4, 0.5) is 0 Å². The van der Waals surface area contributed by atoms with E-state index >= 15 is 0 Å². The number of amides is 1. The SMILES string of the molecule is CN(C)C1(CNC(=O)c2ncccc2C(=O)O)CCC1. The second-order valence-corrected chi connectivity index (χ2v) is 5.36. The maximum Gasteiger partial charge on any atom is 0.338 e. The molecule has 0 atom stereocenters. The average Bonchev–Trinajstić information content (AvgIpc) is 2.36. The topological polar surface area (TPSA) is 82.5 Å². The number of pyridine rings is 1. The van der Waals surface area contributed by atoms with E-state index in [4.69, 9.17) is 5.11 Å². The first kappa shape index (κ1) is 14.5. The molecule has 1 aliphatic carbocycles. The summed E-state index contributed by atoms with van der Waals surface area (Å²) in [5.41, 5.74) is -0.112. The summed E-state index contributed by atoms with van der Waals surface area (Å²) in [5.74, 6) is -1.58. The van der Waals surface area contributed by atoms with Crippen molar-refractivity contribution >= 4 is 11.9 Å². The number of carbonyl (C=O) groups excluding carboxylic acids is 1. The molecule has 1 aromatic heterocycles. The van der Waals surface area contributed by atoms with E-state index in [1.54, 1.807) is 0 Å². The minimum absolute atomic E-state index is 0.00612. The van der Waals surface area contributed by atoms with Gasteiger partial charge in [0.05, 0.1) is 5.56 Å². The molecule has 20 heavy (non-hydrogen) atoms. The Morgan fingerprint density at radius 1 is 1.45 bits per heavy atom. The number of hydrogen-bond acceptors (Lipinski definition) is 4. The molecular formula is C14H19N3O3. The smallest absolute Gasteiger partial charge is 0.338 e. The van der Waals surface area contributed by atoms with E-state index in [9.17, 15) is 9.59 Å². The van der Waals surface area contributed by atoms with Gasteiger partial charge in [-0.05, 0) is 45.5 Å². The summed E-state index contributed by atoms with van der Waals surface area (Å²) in [5, 5.41) is 11.9. The quantitative estimate of drug-likeness (QED) is 0.839. The zero-order valence-electron chi connectivity index (χ0n) is 11.7. The molecule has 6 nitrogen and oxygen atoms in total. The van der Waals surface area contributed by atoms with E-state index < -0.39 is 11.9 Å². The number of carboxylic acids is 1. The molecule has 1 aromatic rings. The van der Waals surface area contributed by atoms with E-state index in [-0.39, 0.29) is 16.8 Å². The Kier molecular flexibility index (Phi) is 4.04. The molecule has 0 unspecified atom stereocenters. The van der Waals surface area contributed by atoms with Crippen LogP contribution >= 0.6 is 0 Å². The first-order chi connectivity index (χ1) is 9.46. The lowest BCUT2D eigenvalue weighted by Gasteiger charge is -2.47. The molecule has 1 amide bonds. The van der Waals surface area contributed by atoms with Gasteiger partial charge in [-0.1, -0.05) is 0 Å². The Balaban J connectivity index is 2.08. The van der Waals surface area contributed by atoms with E-state index in [0.29, 0.717) is 6.54 Å². The van der Waals surface area contributed by atoms with E-state index in [0.717, 1.165) is 19.3 Å². The van der Waals surface area contributed by atoms with Gasteiger partial charge >= 0.3 is 5.97 Å². The number of rotatable bonds is 5. The zero-order chi connectivity index (χ0) is 14.8. The molecule has 0 radical (unpaired) electrons. The monoisotopic (exact) mass is 277 g/mol. The summed E-state index contributed by atoms with van der Waals surface area (Å²) in [6.07, 6.45) is 4.65. The molecule has 2 N–H and O–H groups in total. The van der Waals surface area contributed by atoms with Gasteiger partial charge in [-0.25, -0.2) is 4.79 Å². The fourth-order valence-electron chi connectivity index (χ4n) is 2.45. The number of carboxylic acid groups (broad SMARTS) is 1. The van der Waals surface area contributed by atoms with Gasteiger partial charge < -0.3 is 15.3 Å². The van der Waals surface area contributed by atoms with E-state index in [1.165, 1.54) is 18.3 Å². The highest BCUT2D eigenvalue weighted by Gasteiger charge is 2.39. The number of carbonyl (C=O) groups is 2. The lowest BCUT2D eigenvalue weighted by Crippen LogP contribution is -2.57. The molecule has 0 spiro atoms. The van der Waals surface area contributed by atoms with Gasteiger partial charge in [0.15, 0.2) is 0 Å². The van der Waals surface area contributed by atoms with Gasteiger partial charge in [0.1, 0.15) is 5.69 Å². The zero-order valence-corrected chi connectivity index (χ0v) is 11.7. The van der Waals surface area contributed by atoms with Gasteiger partial charge in [-0.15, -0.1) is 0 Å². The van der Waals surface area contributed by atoms with Crippen LogP contribution in [0.2, 0.25) is 0 Å². The third kappa shape index (κ3) is 2.65. The Hall–Kier alpha value is -1.95. The van der Waals surface area contributed by atoms with Crippen LogP contribution in [0.15, 0.2) is 18.3 Å². The van der Waals surface area contributed by atoms with Crippen molar-refractivity contribution in [2.24, 2.45) is 0 Å². The Labute approximate surface area is 117 Å². The number of aromatic carboxylic acids is 1. The summed E-state index contributed by atoms with van der Waals surface area (Å²) in [4.78, 5) is 29.2. The van der Waals surface area contributed by atoms with Crippen molar-refractivity contribution in [1.29, 1.82) is 0 Å². The van der Waals surface area contributed by atoms with E-state index in [1.807, 2.05) is 14.1 Å². The summed E-state index contributed by atoms with van der Waals surface area (Å²) >= 11 is 0. The summed E-state index contributed by atoms with van der Waals surface area (Å²) in [6, 6.07) is 2.89. The molecule has 0 saturated heterocycles. The molecule has 1 aliphatic rings. The van der Waals surface area contributed by atoms with Crippen molar-refractivity contribution in [2.45, 2.75) is 24.8 Å². The van der Waals surface area contributed by atoms with Crippen LogP contribution in [0, 0.1) is 0 Å². The van der Waals surface area contributed by atoms with Crippen molar-refractivity contribution in [3.8, 4) is 0 Å². The van der Waals surface area contributed by atoms with Crippen LogP contribution in [-0.2, 0) is 0 Å². The Morgan fingerprint density at radius 3 is 2.65 bits per heavy atom. The minimum atomic E-state index is -1.14. The highest BCUT2D eigenvalue weighted by molar-refractivity contribution is 6.03. The summed E-state index contributed by atoms with van der Waals surface area (Å²) in [6.45, 7) is 0.508. The molecule has 1 saturated carbocycles. The molecule has 2 rings (SSSR count). The number of likely N-dealkylation sites (N-methyl/N-ethyl adjacent to an activating group) is 1. The van der Waals surface area contributed by atoms with Gasteiger partial charge in [-0.3, -0.25) is 9.78 Å². The van der Waals surface area contributed by atoms with Crippen molar-refractivity contribution < 1.29 is 14.7 Å². The highest BCUT2D eigenvalue weighted by Crippen LogP contribution is 2.35. The van der Waals surface area contributed by atoms with Crippen LogP contribution in [-0.4, -0.2) is 53.0 Å². The minimum Gasteiger partial charge on any atom is -0.478 e. The maximum absolute atomic E-state index is 12.1. The van der Waals surface area contributed by atoms with Crippen molar-refractivity contribution in [1.82, 2.24) is 15.2 Å². The van der Waals surface area contributed by atoms with Crippen LogP contribution in [0.1, 0.15) is 40.1 Å². The summed E-state index contributed by atoms with van der Waals surface area (Å²) < 4.78 is 0. The normalized spacial score (nSPS) is 16.6. The van der Waals surface area contributed by atoms with Crippen molar-refractivity contribution in [2.75, 3.05) is 20.6 Å². The highest BCUT2D eigenvalue weighted by atomic mass is 16.4. The molecular weight excluding hydrogens is 258 g/mol. The predicted molar refractivity (Wildman–Crippen MR) is 73.8 cm³/mol. The van der Waals surface area contributed by atoms with Gasteiger partial charge in [0.2, 0.25) is 0 Å². The molecule has 108 valence electrons. The van der Waals surface area contributed by atoms with Gasteiger partial charge in [0, 0.05) is 18.3 Å². The first-order valence-corrected chi connectivity index (χ1v) is 6.60. The fraction of sp³-hybridized carbons (Fsp3) is 0.500. The predicted octanol–water partition coefficient (Wildman–Crippen LogP) is 0.994. The number of nitrogens with one attached hydrogen (secondary N) is 1. The molecule has 0 bridgehead atoms.